The van der Waals surface area contributed by atoms with Crippen molar-refractivity contribution in [2.75, 3.05) is 0 Å². The third kappa shape index (κ3) is 4.22. The maximum absolute atomic E-state index is 13.5. The molecule has 0 unspecified atom stereocenters. The Hall–Kier alpha value is -3.98. The Morgan fingerprint density at radius 2 is 1.73 bits per heavy atom. The van der Waals surface area contributed by atoms with Crippen LogP contribution in [0.25, 0.3) is 45.1 Å². The fourth-order valence-electron chi connectivity index (χ4n) is 3.61. The lowest BCUT2D eigenvalue weighted by Gasteiger charge is -2.16. The first kappa shape index (κ1) is 20.9. The summed E-state index contributed by atoms with van der Waals surface area (Å²) in [5, 5.41) is 15.5. The molecule has 0 spiro atoms. The smallest absolute Gasteiger partial charge is 0.230 e. The number of halogens is 2. The summed E-state index contributed by atoms with van der Waals surface area (Å²) in [7, 11) is 0. The molecule has 4 heterocycles. The monoisotopic (exact) mass is 447 g/mol. The summed E-state index contributed by atoms with van der Waals surface area (Å²) in [5.74, 6) is -0.385. The van der Waals surface area contributed by atoms with Crippen molar-refractivity contribution in [3.8, 4) is 34.0 Å². The van der Waals surface area contributed by atoms with Gasteiger partial charge in [0.05, 0.1) is 29.4 Å². The summed E-state index contributed by atoms with van der Waals surface area (Å²) in [6.07, 6.45) is 4.27. The minimum absolute atomic E-state index is 0.242. The van der Waals surface area contributed by atoms with Gasteiger partial charge in [-0.15, -0.1) is 0 Å². The molecular weight excluding hydrogens is 428 g/mol. The van der Waals surface area contributed by atoms with Gasteiger partial charge in [-0.25, -0.2) is 23.7 Å². The zero-order valence-corrected chi connectivity index (χ0v) is 17.8. The van der Waals surface area contributed by atoms with Crippen LogP contribution >= 0.6 is 0 Å². The normalized spacial score (nSPS) is 11.9. The number of furan rings is 1. The molecule has 4 aromatic heterocycles. The van der Waals surface area contributed by atoms with Crippen LogP contribution in [0, 0.1) is 11.6 Å². The van der Waals surface area contributed by atoms with Crippen LogP contribution < -0.4 is 0 Å². The molecule has 0 saturated heterocycles. The Balaban J connectivity index is 1.68. The van der Waals surface area contributed by atoms with Crippen molar-refractivity contribution in [1.29, 1.82) is 0 Å². The Kier molecular flexibility index (Phi) is 4.98. The van der Waals surface area contributed by atoms with E-state index in [1.165, 1.54) is 30.6 Å². The van der Waals surface area contributed by atoms with E-state index in [4.69, 9.17) is 4.42 Å². The van der Waals surface area contributed by atoms with E-state index in [2.05, 4.69) is 20.1 Å². The van der Waals surface area contributed by atoms with Gasteiger partial charge >= 0.3 is 0 Å². The highest BCUT2D eigenvalue weighted by atomic mass is 19.1. The third-order valence-corrected chi connectivity index (χ3v) is 4.99. The number of pyridine rings is 1. The Morgan fingerprint density at radius 1 is 0.970 bits per heavy atom. The van der Waals surface area contributed by atoms with Gasteiger partial charge in [-0.1, -0.05) is 0 Å². The lowest BCUT2D eigenvalue weighted by molar-refractivity contribution is 0.0578. The van der Waals surface area contributed by atoms with Crippen molar-refractivity contribution in [2.45, 2.75) is 26.0 Å². The molecule has 0 aliphatic heterocycles. The number of fused-ring (bicyclic) bond motifs is 1. The topological polar surface area (TPSA) is 89.9 Å². The van der Waals surface area contributed by atoms with Crippen LogP contribution in [0.3, 0.4) is 0 Å². The van der Waals surface area contributed by atoms with Crippen molar-refractivity contribution in [2.24, 2.45) is 0 Å². The summed E-state index contributed by atoms with van der Waals surface area (Å²) in [6.45, 7) is 3.62. The summed E-state index contributed by atoms with van der Waals surface area (Å²) in [5.41, 5.74) is 2.27. The van der Waals surface area contributed by atoms with Gasteiger partial charge < -0.3 is 9.52 Å². The lowest BCUT2D eigenvalue weighted by Crippen LogP contribution is -2.26. The molecule has 0 radical (unpaired) electrons. The van der Waals surface area contributed by atoms with E-state index >= 15 is 0 Å². The second kappa shape index (κ2) is 7.86. The predicted octanol–water partition coefficient (Wildman–Crippen LogP) is 4.86. The van der Waals surface area contributed by atoms with Crippen LogP contribution in [0.4, 0.5) is 8.78 Å². The summed E-state index contributed by atoms with van der Waals surface area (Å²) in [4.78, 5) is 12.8. The van der Waals surface area contributed by atoms with E-state index in [-0.39, 0.29) is 12.4 Å². The van der Waals surface area contributed by atoms with Crippen LogP contribution in [0.5, 0.6) is 0 Å². The van der Waals surface area contributed by atoms with Crippen LogP contribution in [-0.2, 0) is 6.54 Å². The van der Waals surface area contributed by atoms with Crippen molar-refractivity contribution in [3.05, 3.63) is 72.8 Å². The van der Waals surface area contributed by atoms with Crippen LogP contribution in [0.15, 0.2) is 65.6 Å². The molecule has 0 aliphatic rings. The van der Waals surface area contributed by atoms with Crippen molar-refractivity contribution in [1.82, 2.24) is 24.7 Å². The highest BCUT2D eigenvalue weighted by Gasteiger charge is 2.22. The van der Waals surface area contributed by atoms with Crippen molar-refractivity contribution < 1.29 is 18.3 Å². The number of rotatable bonds is 5. The fourth-order valence-corrected chi connectivity index (χ4v) is 3.61. The summed E-state index contributed by atoms with van der Waals surface area (Å²) in [6, 6.07) is 10.6. The predicted molar refractivity (Wildman–Crippen MR) is 118 cm³/mol. The summed E-state index contributed by atoms with van der Waals surface area (Å²) < 4.78 is 34.3. The van der Waals surface area contributed by atoms with Gasteiger partial charge in [-0.2, -0.15) is 5.10 Å². The fraction of sp³-hybridized carbons (Fsp3) is 0.167. The van der Waals surface area contributed by atoms with Gasteiger partial charge in [0, 0.05) is 17.3 Å². The highest BCUT2D eigenvalue weighted by Crippen LogP contribution is 2.36. The molecule has 0 saturated carbocycles. The van der Waals surface area contributed by atoms with Gasteiger partial charge in [0.15, 0.2) is 5.76 Å². The van der Waals surface area contributed by atoms with Crippen LogP contribution in [0.2, 0.25) is 0 Å². The first-order chi connectivity index (χ1) is 15.8. The van der Waals surface area contributed by atoms with Crippen molar-refractivity contribution in [3.63, 3.8) is 0 Å². The number of aromatic nitrogens is 5. The standard InChI is InChI=1S/C24H19F2N5O2/c1-24(2,32)12-31-11-18(21(30-31)14-3-5-15(25)6-4-14)22-17-9-20(33-23(17)29-13-28-22)19-8-7-16(26)10-27-19/h3-11,13,32H,12H2,1-2H3. The molecule has 0 atom stereocenters. The third-order valence-electron chi connectivity index (χ3n) is 4.99. The van der Waals surface area contributed by atoms with E-state index in [1.807, 2.05) is 0 Å². The zero-order valence-electron chi connectivity index (χ0n) is 17.8. The molecule has 33 heavy (non-hydrogen) atoms. The van der Waals surface area contributed by atoms with E-state index in [1.54, 1.807) is 42.9 Å². The van der Waals surface area contributed by atoms with E-state index in [0.29, 0.717) is 45.1 Å². The number of hydrogen-bond donors (Lipinski definition) is 1. The molecule has 1 N–H and O–H groups in total. The molecule has 1 aromatic carbocycles. The molecule has 166 valence electrons. The Morgan fingerprint density at radius 3 is 2.42 bits per heavy atom. The molecule has 0 amide bonds. The molecule has 0 fully saturated rings. The van der Waals surface area contributed by atoms with Gasteiger partial charge in [0.1, 0.15) is 29.3 Å². The first-order valence-electron chi connectivity index (χ1n) is 10.2. The minimum Gasteiger partial charge on any atom is -0.436 e. The quantitative estimate of drug-likeness (QED) is 0.414. The molecule has 5 rings (SSSR count). The molecule has 5 aromatic rings. The lowest BCUT2D eigenvalue weighted by atomic mass is 10.0. The van der Waals surface area contributed by atoms with Gasteiger partial charge in [0.25, 0.3) is 0 Å². The molecule has 7 nitrogen and oxygen atoms in total. The van der Waals surface area contributed by atoms with Crippen LogP contribution in [0.1, 0.15) is 13.8 Å². The van der Waals surface area contributed by atoms with E-state index < -0.39 is 11.4 Å². The van der Waals surface area contributed by atoms with Gasteiger partial charge in [-0.05, 0) is 56.3 Å². The molecule has 0 bridgehead atoms. The van der Waals surface area contributed by atoms with Gasteiger partial charge in [0.2, 0.25) is 5.71 Å². The minimum atomic E-state index is -0.999. The SMILES string of the molecule is CC(C)(O)Cn1cc(-c2ncnc3oc(-c4ccc(F)cn4)cc23)c(-c2ccc(F)cc2)n1. The second-order valence-corrected chi connectivity index (χ2v) is 8.32. The molecular formula is C24H19F2N5O2. The average molecular weight is 447 g/mol. The van der Waals surface area contributed by atoms with Crippen LogP contribution in [-0.4, -0.2) is 35.4 Å². The maximum Gasteiger partial charge on any atom is 0.230 e. The van der Waals surface area contributed by atoms with Crippen molar-refractivity contribution >= 4 is 11.1 Å². The Labute approximate surface area is 187 Å². The average Bonchev–Trinajstić information content (AvgIpc) is 3.38. The number of nitrogens with zero attached hydrogens (tertiary/aromatic N) is 5. The number of aliphatic hydroxyl groups is 1. The summed E-state index contributed by atoms with van der Waals surface area (Å²) >= 11 is 0. The highest BCUT2D eigenvalue weighted by molar-refractivity contribution is 5.95. The first-order valence-corrected chi connectivity index (χ1v) is 10.2. The van der Waals surface area contributed by atoms with E-state index in [9.17, 15) is 13.9 Å². The largest absolute Gasteiger partial charge is 0.436 e. The molecule has 9 heteroatoms. The number of benzene rings is 1. The molecule has 0 aliphatic carbocycles. The maximum atomic E-state index is 13.5. The zero-order chi connectivity index (χ0) is 23.2. The van der Waals surface area contributed by atoms with E-state index in [0.717, 1.165) is 6.20 Å². The second-order valence-electron chi connectivity index (χ2n) is 8.32. The number of hydrogen-bond acceptors (Lipinski definition) is 6. The Bertz CT molecular complexity index is 1440. The van der Waals surface area contributed by atoms with Gasteiger partial charge in [-0.3, -0.25) is 4.68 Å².